The molecule has 2 aromatic rings. The Kier molecular flexibility index (Phi) is 4.31. The van der Waals surface area contributed by atoms with E-state index in [0.717, 1.165) is 11.3 Å². The topological polar surface area (TPSA) is 77.2 Å². The molecule has 1 saturated heterocycles. The number of rotatable bonds is 4. The van der Waals surface area contributed by atoms with Crippen molar-refractivity contribution in [1.29, 1.82) is 0 Å². The quantitative estimate of drug-likeness (QED) is 0.928. The van der Waals surface area contributed by atoms with Gasteiger partial charge in [-0.2, -0.15) is 0 Å². The number of aliphatic hydroxyl groups is 1. The maximum atomic E-state index is 11.6. The number of hydrogen-bond donors (Lipinski definition) is 1. The Hall–Kier alpha value is -2.05. The zero-order chi connectivity index (χ0) is 15.5. The van der Waals surface area contributed by atoms with Crippen molar-refractivity contribution in [2.45, 2.75) is 38.0 Å². The van der Waals surface area contributed by atoms with Crippen molar-refractivity contribution in [2.24, 2.45) is 0 Å². The molecule has 0 aliphatic carbocycles. The molecule has 2 heterocycles. The fourth-order valence-corrected chi connectivity index (χ4v) is 2.78. The van der Waals surface area contributed by atoms with Crippen LogP contribution in [-0.4, -0.2) is 44.7 Å². The Balaban J connectivity index is 1.81. The molecule has 1 aliphatic heterocycles. The van der Waals surface area contributed by atoms with E-state index in [1.807, 2.05) is 36.5 Å². The van der Waals surface area contributed by atoms with Gasteiger partial charge < -0.3 is 9.84 Å². The number of nitrogens with zero attached hydrogens (tertiary/aromatic N) is 3. The minimum atomic E-state index is -0.486. The van der Waals surface area contributed by atoms with Crippen LogP contribution in [0.4, 0.5) is 0 Å². The molecule has 1 fully saturated rings. The SMILES string of the molecule is CC(=O)C1CC(n2cc(-c3ccccc3)nn2)CC(CO)O1. The van der Waals surface area contributed by atoms with Crippen LogP contribution in [0.5, 0.6) is 0 Å². The van der Waals surface area contributed by atoms with Gasteiger partial charge in [0.05, 0.1) is 24.9 Å². The van der Waals surface area contributed by atoms with E-state index >= 15 is 0 Å². The summed E-state index contributed by atoms with van der Waals surface area (Å²) in [5.74, 6) is -0.0217. The predicted octanol–water partition coefficient (Wildman–Crippen LogP) is 1.62. The van der Waals surface area contributed by atoms with Crippen LogP contribution in [0.2, 0.25) is 0 Å². The minimum absolute atomic E-state index is 0.00441. The van der Waals surface area contributed by atoms with Crippen LogP contribution >= 0.6 is 0 Å². The van der Waals surface area contributed by atoms with Gasteiger partial charge in [0.15, 0.2) is 5.78 Å². The largest absolute Gasteiger partial charge is 0.394 e. The third kappa shape index (κ3) is 3.08. The highest BCUT2D eigenvalue weighted by molar-refractivity contribution is 5.80. The molecule has 0 amide bonds. The van der Waals surface area contributed by atoms with Crippen LogP contribution in [0, 0.1) is 0 Å². The average Bonchev–Trinajstić information content (AvgIpc) is 3.05. The van der Waals surface area contributed by atoms with Gasteiger partial charge in [0.2, 0.25) is 0 Å². The number of carbonyl (C=O) groups excluding carboxylic acids is 1. The van der Waals surface area contributed by atoms with E-state index in [-0.39, 0.29) is 24.5 Å². The molecule has 6 heteroatoms. The molecule has 1 N–H and O–H groups in total. The average molecular weight is 301 g/mol. The second kappa shape index (κ2) is 6.37. The number of ether oxygens (including phenoxy) is 1. The first-order valence-electron chi connectivity index (χ1n) is 7.41. The van der Waals surface area contributed by atoms with Crippen LogP contribution in [-0.2, 0) is 9.53 Å². The van der Waals surface area contributed by atoms with E-state index < -0.39 is 6.10 Å². The number of aromatic nitrogens is 3. The Morgan fingerprint density at radius 3 is 2.82 bits per heavy atom. The van der Waals surface area contributed by atoms with E-state index in [4.69, 9.17) is 4.74 Å². The molecule has 116 valence electrons. The number of ketones is 1. The molecular weight excluding hydrogens is 282 g/mol. The number of aliphatic hydroxyl groups excluding tert-OH is 1. The van der Waals surface area contributed by atoms with Gasteiger partial charge in [0.1, 0.15) is 11.8 Å². The molecular formula is C16H19N3O3. The lowest BCUT2D eigenvalue weighted by molar-refractivity contribution is -0.143. The summed E-state index contributed by atoms with van der Waals surface area (Å²) in [5, 5.41) is 17.8. The summed E-state index contributed by atoms with van der Waals surface area (Å²) in [7, 11) is 0. The summed E-state index contributed by atoms with van der Waals surface area (Å²) in [5.41, 5.74) is 1.80. The molecule has 1 aromatic carbocycles. The lowest BCUT2D eigenvalue weighted by Gasteiger charge is -2.33. The van der Waals surface area contributed by atoms with Gasteiger partial charge in [-0.25, -0.2) is 4.68 Å². The molecule has 1 aromatic heterocycles. The Morgan fingerprint density at radius 2 is 2.14 bits per heavy atom. The van der Waals surface area contributed by atoms with Gasteiger partial charge in [-0.1, -0.05) is 35.5 Å². The second-order valence-corrected chi connectivity index (χ2v) is 5.62. The summed E-state index contributed by atoms with van der Waals surface area (Å²) >= 11 is 0. The van der Waals surface area contributed by atoms with Crippen LogP contribution in [0.15, 0.2) is 36.5 Å². The second-order valence-electron chi connectivity index (χ2n) is 5.62. The molecule has 6 nitrogen and oxygen atoms in total. The van der Waals surface area contributed by atoms with Crippen LogP contribution < -0.4 is 0 Å². The highest BCUT2D eigenvalue weighted by Gasteiger charge is 2.33. The third-order valence-electron chi connectivity index (χ3n) is 3.99. The first kappa shape index (κ1) is 14.9. The molecule has 3 atom stereocenters. The summed E-state index contributed by atoms with van der Waals surface area (Å²) in [6.07, 6.45) is 2.25. The van der Waals surface area contributed by atoms with Gasteiger partial charge >= 0.3 is 0 Å². The van der Waals surface area contributed by atoms with Gasteiger partial charge in [-0.05, 0) is 13.3 Å². The van der Waals surface area contributed by atoms with E-state index in [1.54, 1.807) is 4.68 Å². The van der Waals surface area contributed by atoms with E-state index in [2.05, 4.69) is 10.3 Å². The monoisotopic (exact) mass is 301 g/mol. The van der Waals surface area contributed by atoms with Crippen molar-refractivity contribution in [1.82, 2.24) is 15.0 Å². The zero-order valence-electron chi connectivity index (χ0n) is 12.4. The molecule has 22 heavy (non-hydrogen) atoms. The zero-order valence-corrected chi connectivity index (χ0v) is 12.4. The van der Waals surface area contributed by atoms with E-state index in [9.17, 15) is 9.90 Å². The van der Waals surface area contributed by atoms with Gasteiger partial charge in [0, 0.05) is 12.0 Å². The molecule has 3 unspecified atom stereocenters. The van der Waals surface area contributed by atoms with Crippen molar-refractivity contribution >= 4 is 5.78 Å². The summed E-state index contributed by atoms with van der Waals surface area (Å²) in [6, 6.07) is 9.83. The maximum Gasteiger partial charge on any atom is 0.158 e. The number of carbonyl (C=O) groups is 1. The first-order chi connectivity index (χ1) is 10.7. The van der Waals surface area contributed by atoms with Crippen molar-refractivity contribution in [3.8, 4) is 11.3 Å². The normalized spacial score (nSPS) is 25.1. The van der Waals surface area contributed by atoms with Crippen molar-refractivity contribution < 1.29 is 14.6 Å². The number of Topliss-reactive ketones (excluding diaryl/α,β-unsaturated/α-hetero) is 1. The lowest BCUT2D eigenvalue weighted by atomic mass is 9.97. The summed E-state index contributed by atoms with van der Waals surface area (Å²) in [6.45, 7) is 1.42. The molecule has 3 rings (SSSR count). The highest BCUT2D eigenvalue weighted by Crippen LogP contribution is 2.30. The predicted molar refractivity (Wildman–Crippen MR) is 80.2 cm³/mol. The summed E-state index contributed by atoms with van der Waals surface area (Å²) in [4.78, 5) is 11.6. The smallest absolute Gasteiger partial charge is 0.158 e. The first-order valence-corrected chi connectivity index (χ1v) is 7.41. The highest BCUT2D eigenvalue weighted by atomic mass is 16.5. The van der Waals surface area contributed by atoms with Gasteiger partial charge in [-0.3, -0.25) is 4.79 Å². The van der Waals surface area contributed by atoms with E-state index in [0.29, 0.717) is 12.8 Å². The maximum absolute atomic E-state index is 11.6. The molecule has 0 radical (unpaired) electrons. The Labute approximate surface area is 128 Å². The molecule has 0 spiro atoms. The molecule has 0 bridgehead atoms. The van der Waals surface area contributed by atoms with Crippen LogP contribution in [0.1, 0.15) is 25.8 Å². The van der Waals surface area contributed by atoms with Crippen molar-refractivity contribution in [3.63, 3.8) is 0 Å². The van der Waals surface area contributed by atoms with Crippen molar-refractivity contribution in [2.75, 3.05) is 6.61 Å². The minimum Gasteiger partial charge on any atom is -0.394 e. The van der Waals surface area contributed by atoms with Crippen LogP contribution in [0.25, 0.3) is 11.3 Å². The third-order valence-corrected chi connectivity index (χ3v) is 3.99. The lowest BCUT2D eigenvalue weighted by Crippen LogP contribution is -2.39. The number of benzene rings is 1. The van der Waals surface area contributed by atoms with Gasteiger partial charge in [0.25, 0.3) is 0 Å². The van der Waals surface area contributed by atoms with Crippen LogP contribution in [0.3, 0.4) is 0 Å². The van der Waals surface area contributed by atoms with Gasteiger partial charge in [-0.15, -0.1) is 5.10 Å². The molecule has 0 saturated carbocycles. The molecule has 1 aliphatic rings. The van der Waals surface area contributed by atoms with Crippen molar-refractivity contribution in [3.05, 3.63) is 36.5 Å². The fraction of sp³-hybridized carbons (Fsp3) is 0.438. The standard InChI is InChI=1S/C16H19N3O3/c1-11(21)16-8-13(7-14(10-20)22-16)19-9-15(17-18-19)12-5-3-2-4-6-12/h2-6,9,13-14,16,20H,7-8,10H2,1H3. The van der Waals surface area contributed by atoms with E-state index in [1.165, 1.54) is 6.92 Å². The Bertz CT molecular complexity index is 641. The Morgan fingerprint density at radius 1 is 1.36 bits per heavy atom. The summed E-state index contributed by atoms with van der Waals surface area (Å²) < 4.78 is 7.36. The fourth-order valence-electron chi connectivity index (χ4n) is 2.78. The number of hydrogen-bond acceptors (Lipinski definition) is 5.